The van der Waals surface area contributed by atoms with Gasteiger partial charge < -0.3 is 25.4 Å². The fourth-order valence-corrected chi connectivity index (χ4v) is 3.61. The maximum Gasteiger partial charge on any atom is 0.191 e. The topological polar surface area (TPSA) is 69.1 Å². The zero-order valence-corrected chi connectivity index (χ0v) is 17.9. The van der Waals surface area contributed by atoms with Crippen LogP contribution in [0.3, 0.4) is 0 Å². The Morgan fingerprint density at radius 3 is 2.52 bits per heavy atom. The molecule has 2 aliphatic rings. The van der Waals surface area contributed by atoms with Crippen LogP contribution in [0.1, 0.15) is 44.6 Å². The Labute approximate surface area is 175 Å². The molecule has 1 aromatic carbocycles. The Morgan fingerprint density at radius 1 is 1.10 bits per heavy atom. The molecule has 3 rings (SSSR count). The van der Waals surface area contributed by atoms with Gasteiger partial charge in [0, 0.05) is 51.7 Å². The van der Waals surface area contributed by atoms with Crippen LogP contribution in [0.15, 0.2) is 29.3 Å². The fraction of sp³-hybridized carbons (Fsp3) is 0.696. The van der Waals surface area contributed by atoms with Crippen molar-refractivity contribution in [3.8, 4) is 0 Å². The summed E-state index contributed by atoms with van der Waals surface area (Å²) in [6, 6.07) is 8.74. The lowest BCUT2D eigenvalue weighted by atomic mass is 9.97. The number of hydrogen-bond donors (Lipinski definition) is 3. The van der Waals surface area contributed by atoms with E-state index in [2.05, 4.69) is 46.7 Å². The number of nitrogens with one attached hydrogen (secondary N) is 2. The van der Waals surface area contributed by atoms with Gasteiger partial charge in [0.05, 0.1) is 6.54 Å². The molecule has 0 amide bonds. The van der Waals surface area contributed by atoms with Crippen LogP contribution in [-0.4, -0.2) is 57.1 Å². The van der Waals surface area contributed by atoms with E-state index < -0.39 is 0 Å². The van der Waals surface area contributed by atoms with Crippen LogP contribution >= 0.6 is 0 Å². The first-order valence-corrected chi connectivity index (χ1v) is 11.3. The average Bonchev–Trinajstić information content (AvgIpc) is 3.59. The second-order valence-corrected chi connectivity index (χ2v) is 8.27. The summed E-state index contributed by atoms with van der Waals surface area (Å²) in [5.74, 6) is 2.17. The third-order valence-corrected chi connectivity index (χ3v) is 5.75. The SMILES string of the molecule is CCNC(=NCc1ccc(N2CCC(CO)CC2)cc1)NCCCOCC1CC1. The van der Waals surface area contributed by atoms with Crippen LogP contribution < -0.4 is 15.5 Å². The Morgan fingerprint density at radius 2 is 1.86 bits per heavy atom. The summed E-state index contributed by atoms with van der Waals surface area (Å²) >= 11 is 0. The molecule has 1 aliphatic heterocycles. The molecule has 1 heterocycles. The minimum atomic E-state index is 0.320. The summed E-state index contributed by atoms with van der Waals surface area (Å²) < 4.78 is 5.69. The minimum Gasteiger partial charge on any atom is -0.396 e. The van der Waals surface area contributed by atoms with Crippen molar-refractivity contribution in [3.63, 3.8) is 0 Å². The summed E-state index contributed by atoms with van der Waals surface area (Å²) in [4.78, 5) is 7.13. The Hall–Kier alpha value is -1.79. The zero-order chi connectivity index (χ0) is 20.3. The molecular weight excluding hydrogens is 364 g/mol. The number of aliphatic imine (C=N–C) groups is 1. The monoisotopic (exact) mass is 402 g/mol. The van der Waals surface area contributed by atoms with E-state index in [-0.39, 0.29) is 0 Å². The molecule has 0 atom stereocenters. The van der Waals surface area contributed by atoms with Crippen molar-refractivity contribution in [3.05, 3.63) is 29.8 Å². The molecule has 1 saturated carbocycles. The van der Waals surface area contributed by atoms with Crippen molar-refractivity contribution < 1.29 is 9.84 Å². The van der Waals surface area contributed by atoms with Gasteiger partial charge in [-0.3, -0.25) is 0 Å². The number of piperidine rings is 1. The number of guanidine groups is 1. The lowest BCUT2D eigenvalue weighted by Crippen LogP contribution is -2.38. The molecule has 0 radical (unpaired) electrons. The normalized spacial score (nSPS) is 18.1. The highest BCUT2D eigenvalue weighted by Crippen LogP contribution is 2.28. The Bertz CT molecular complexity index is 608. The van der Waals surface area contributed by atoms with Crippen LogP contribution in [0.4, 0.5) is 5.69 Å². The zero-order valence-electron chi connectivity index (χ0n) is 17.9. The van der Waals surface area contributed by atoms with Crippen molar-refractivity contribution in [2.75, 3.05) is 50.9 Å². The summed E-state index contributed by atoms with van der Waals surface area (Å²) in [6.07, 6.45) is 5.84. The molecule has 1 aromatic rings. The second kappa shape index (κ2) is 12.0. The molecule has 1 saturated heterocycles. The molecule has 0 bridgehead atoms. The molecule has 6 nitrogen and oxygen atoms in total. The number of rotatable bonds is 11. The second-order valence-electron chi connectivity index (χ2n) is 8.27. The fourth-order valence-electron chi connectivity index (χ4n) is 3.61. The largest absolute Gasteiger partial charge is 0.396 e. The number of benzene rings is 1. The smallest absolute Gasteiger partial charge is 0.191 e. The highest BCUT2D eigenvalue weighted by Gasteiger charge is 2.21. The number of aliphatic hydroxyl groups is 1. The van der Waals surface area contributed by atoms with Crippen molar-refractivity contribution in [2.45, 2.75) is 45.6 Å². The Balaban J connectivity index is 1.39. The van der Waals surface area contributed by atoms with Crippen molar-refractivity contribution >= 4 is 11.6 Å². The minimum absolute atomic E-state index is 0.320. The lowest BCUT2D eigenvalue weighted by Gasteiger charge is -2.32. The number of hydrogen-bond acceptors (Lipinski definition) is 4. The van der Waals surface area contributed by atoms with Crippen LogP contribution in [0, 0.1) is 11.8 Å². The summed E-state index contributed by atoms with van der Waals surface area (Å²) in [6.45, 7) is 8.62. The standard InChI is InChI=1S/C23H38N4O2/c1-2-24-23(25-12-3-15-29-18-21-4-5-21)26-16-19-6-8-22(9-7-19)27-13-10-20(17-28)11-14-27/h6-9,20-21,28H,2-5,10-18H2,1H3,(H2,24,25,26). The first-order valence-electron chi connectivity index (χ1n) is 11.3. The third-order valence-electron chi connectivity index (χ3n) is 5.75. The van der Waals surface area contributed by atoms with Gasteiger partial charge in [0.15, 0.2) is 5.96 Å². The number of aliphatic hydroxyl groups excluding tert-OH is 1. The predicted octanol–water partition coefficient (Wildman–Crippen LogP) is 2.77. The van der Waals surface area contributed by atoms with E-state index in [1.165, 1.54) is 24.1 Å². The van der Waals surface area contributed by atoms with Gasteiger partial charge in [-0.25, -0.2) is 4.99 Å². The van der Waals surface area contributed by atoms with Crippen LogP contribution in [0.25, 0.3) is 0 Å². The predicted molar refractivity (Wildman–Crippen MR) is 119 cm³/mol. The lowest BCUT2D eigenvalue weighted by molar-refractivity contribution is 0.123. The molecular formula is C23H38N4O2. The highest BCUT2D eigenvalue weighted by molar-refractivity contribution is 5.79. The van der Waals surface area contributed by atoms with E-state index in [1.807, 2.05) is 0 Å². The number of ether oxygens (including phenoxy) is 1. The summed E-state index contributed by atoms with van der Waals surface area (Å²) in [5.41, 5.74) is 2.48. The van der Waals surface area contributed by atoms with Gasteiger partial charge in [0.25, 0.3) is 0 Å². The van der Waals surface area contributed by atoms with Gasteiger partial charge in [0.2, 0.25) is 0 Å². The van der Waals surface area contributed by atoms with E-state index in [0.29, 0.717) is 19.1 Å². The van der Waals surface area contributed by atoms with Gasteiger partial charge in [-0.2, -0.15) is 0 Å². The van der Waals surface area contributed by atoms with Gasteiger partial charge >= 0.3 is 0 Å². The van der Waals surface area contributed by atoms with E-state index in [9.17, 15) is 5.11 Å². The molecule has 162 valence electrons. The van der Waals surface area contributed by atoms with Gasteiger partial charge in [0.1, 0.15) is 0 Å². The average molecular weight is 403 g/mol. The van der Waals surface area contributed by atoms with Crippen molar-refractivity contribution in [1.82, 2.24) is 10.6 Å². The van der Waals surface area contributed by atoms with Gasteiger partial charge in [-0.15, -0.1) is 0 Å². The van der Waals surface area contributed by atoms with Gasteiger partial charge in [-0.05, 0) is 68.6 Å². The molecule has 3 N–H and O–H groups in total. The van der Waals surface area contributed by atoms with Crippen molar-refractivity contribution in [2.24, 2.45) is 16.8 Å². The number of anilines is 1. The maximum absolute atomic E-state index is 9.29. The molecule has 2 fully saturated rings. The molecule has 0 aromatic heterocycles. The molecule has 1 aliphatic carbocycles. The highest BCUT2D eigenvalue weighted by atomic mass is 16.5. The van der Waals surface area contributed by atoms with E-state index >= 15 is 0 Å². The Kier molecular flexibility index (Phi) is 9.09. The summed E-state index contributed by atoms with van der Waals surface area (Å²) in [7, 11) is 0. The third kappa shape index (κ3) is 7.86. The van der Waals surface area contributed by atoms with Crippen molar-refractivity contribution in [1.29, 1.82) is 0 Å². The summed E-state index contributed by atoms with van der Waals surface area (Å²) in [5, 5.41) is 16.0. The molecule has 0 spiro atoms. The van der Waals surface area contributed by atoms with Gasteiger partial charge in [-0.1, -0.05) is 12.1 Å². The molecule has 0 unspecified atom stereocenters. The van der Waals surface area contributed by atoms with E-state index in [1.54, 1.807) is 0 Å². The van der Waals surface area contributed by atoms with Crippen LogP contribution in [0.5, 0.6) is 0 Å². The van der Waals surface area contributed by atoms with E-state index in [4.69, 9.17) is 9.73 Å². The maximum atomic E-state index is 9.29. The molecule has 6 heteroatoms. The van der Waals surface area contributed by atoms with Crippen LogP contribution in [-0.2, 0) is 11.3 Å². The quantitative estimate of drug-likeness (QED) is 0.302. The number of nitrogens with zero attached hydrogens (tertiary/aromatic N) is 2. The molecule has 29 heavy (non-hydrogen) atoms. The van der Waals surface area contributed by atoms with Crippen LogP contribution in [0.2, 0.25) is 0 Å². The van der Waals surface area contributed by atoms with E-state index in [0.717, 1.165) is 70.5 Å². The first kappa shape index (κ1) is 21.9. The first-order chi connectivity index (χ1) is 14.3.